The molecule has 2 unspecified atom stereocenters. The quantitative estimate of drug-likeness (QED) is 0.775. The van der Waals surface area contributed by atoms with Gasteiger partial charge >= 0.3 is 0 Å². The van der Waals surface area contributed by atoms with Gasteiger partial charge in [0.05, 0.1) is 0 Å². The second-order valence-corrected chi connectivity index (χ2v) is 8.58. The van der Waals surface area contributed by atoms with E-state index in [0.29, 0.717) is 17.2 Å². The molecule has 0 spiro atoms. The summed E-state index contributed by atoms with van der Waals surface area (Å²) in [4.78, 5) is 12.5. The van der Waals surface area contributed by atoms with Crippen LogP contribution < -0.4 is 5.73 Å². The Labute approximate surface area is 170 Å². The molecule has 6 heteroatoms. The lowest BCUT2D eigenvalue weighted by molar-refractivity contribution is -0.139. The number of halogens is 1. The second kappa shape index (κ2) is 8.45. The van der Waals surface area contributed by atoms with E-state index in [0.717, 1.165) is 12.0 Å². The van der Waals surface area contributed by atoms with Crippen molar-refractivity contribution in [2.75, 3.05) is 6.54 Å². The van der Waals surface area contributed by atoms with E-state index in [1.807, 2.05) is 50.2 Å². The van der Waals surface area contributed by atoms with Crippen LogP contribution in [0, 0.1) is 17.7 Å². The van der Waals surface area contributed by atoms with E-state index in [9.17, 15) is 9.18 Å². The molecule has 3 rings (SSSR count). The van der Waals surface area contributed by atoms with Crippen molar-refractivity contribution in [3.05, 3.63) is 71.5 Å². The normalized spacial score (nSPS) is 20.4. The molecule has 0 fully saturated rings. The van der Waals surface area contributed by atoms with Gasteiger partial charge in [0.25, 0.3) is 0 Å². The third kappa shape index (κ3) is 3.71. The van der Waals surface area contributed by atoms with Gasteiger partial charge < -0.3 is 5.73 Å². The average Bonchev–Trinajstić information content (AvgIpc) is 3.10. The van der Waals surface area contributed by atoms with Crippen LogP contribution in [-0.4, -0.2) is 22.5 Å². The highest BCUT2D eigenvalue weighted by Crippen LogP contribution is 2.53. The van der Waals surface area contributed by atoms with Gasteiger partial charge in [0.2, 0.25) is 5.91 Å². The number of rotatable bonds is 6. The first-order chi connectivity index (χ1) is 13.4. The Bertz CT molecular complexity index is 871. The smallest absolute Gasteiger partial charge is 0.246 e. The monoisotopic (exact) mass is 399 g/mol. The summed E-state index contributed by atoms with van der Waals surface area (Å²) >= 11 is 1.51. The van der Waals surface area contributed by atoms with Crippen molar-refractivity contribution >= 4 is 22.7 Å². The molecule has 1 aliphatic heterocycles. The molecule has 0 aliphatic carbocycles. The third-order valence-corrected chi connectivity index (χ3v) is 6.62. The summed E-state index contributed by atoms with van der Waals surface area (Å²) in [6.07, 6.45) is 0.732. The average molecular weight is 400 g/mol. The molecule has 2 N–H and O–H groups in total. The zero-order valence-electron chi connectivity index (χ0n) is 16.4. The molecular weight excluding hydrogens is 373 g/mol. The Balaban J connectivity index is 2.17. The van der Waals surface area contributed by atoms with E-state index >= 15 is 0 Å². The summed E-state index contributed by atoms with van der Waals surface area (Å²) in [5, 5.41) is 6.96. The molecule has 2 aromatic rings. The van der Waals surface area contributed by atoms with Gasteiger partial charge in [0.1, 0.15) is 15.7 Å². The van der Waals surface area contributed by atoms with E-state index in [2.05, 4.69) is 6.92 Å². The molecule has 2 aromatic carbocycles. The number of thioether (sulfide) groups is 1. The third-order valence-electron chi connectivity index (χ3n) is 4.99. The largest absolute Gasteiger partial charge is 0.330 e. The van der Waals surface area contributed by atoms with Crippen LogP contribution in [0.2, 0.25) is 0 Å². The molecule has 0 bridgehead atoms. The van der Waals surface area contributed by atoms with Crippen molar-refractivity contribution in [2.24, 2.45) is 22.7 Å². The molecule has 0 saturated carbocycles. The van der Waals surface area contributed by atoms with E-state index in [1.165, 1.54) is 23.9 Å². The maximum absolute atomic E-state index is 13.8. The summed E-state index contributed by atoms with van der Waals surface area (Å²) in [5.41, 5.74) is 7.54. The minimum absolute atomic E-state index is 0.0439. The summed E-state index contributed by atoms with van der Waals surface area (Å²) in [5.74, 6) is -0.562. The number of nitrogens with two attached hydrogens (primary N) is 1. The second-order valence-electron chi connectivity index (χ2n) is 7.36. The number of hydrogen-bond acceptors (Lipinski definition) is 4. The van der Waals surface area contributed by atoms with Crippen LogP contribution in [-0.2, 0) is 9.67 Å². The highest BCUT2D eigenvalue weighted by Gasteiger charge is 2.52. The molecule has 0 saturated heterocycles. The summed E-state index contributed by atoms with van der Waals surface area (Å²) in [7, 11) is 0. The maximum atomic E-state index is 13.8. The number of amides is 1. The Morgan fingerprint density at radius 1 is 1.18 bits per heavy atom. The van der Waals surface area contributed by atoms with Crippen LogP contribution in [0.1, 0.15) is 38.3 Å². The molecule has 148 valence electrons. The minimum atomic E-state index is -0.719. The van der Waals surface area contributed by atoms with Crippen molar-refractivity contribution in [1.29, 1.82) is 0 Å². The topological polar surface area (TPSA) is 58.7 Å². The van der Waals surface area contributed by atoms with Gasteiger partial charge in [-0.05, 0) is 36.6 Å². The highest BCUT2D eigenvalue weighted by molar-refractivity contribution is 8.15. The standard InChI is InChI=1S/C22H26FN3OS/c1-15(2)21(27)26-22(16(3)12-13-24,18-9-5-4-6-10-18)28-20(25-26)17-8-7-11-19(23)14-17/h4-11,14-16H,12-13,24H2,1-3H3. The van der Waals surface area contributed by atoms with E-state index in [4.69, 9.17) is 10.8 Å². The van der Waals surface area contributed by atoms with Crippen molar-refractivity contribution in [2.45, 2.75) is 32.1 Å². The zero-order chi connectivity index (χ0) is 20.3. The number of hydrazone groups is 1. The van der Waals surface area contributed by atoms with Crippen molar-refractivity contribution < 1.29 is 9.18 Å². The van der Waals surface area contributed by atoms with Crippen molar-refractivity contribution in [3.8, 4) is 0 Å². The zero-order valence-corrected chi connectivity index (χ0v) is 17.2. The van der Waals surface area contributed by atoms with Crippen LogP contribution in [0.3, 0.4) is 0 Å². The molecule has 0 radical (unpaired) electrons. The Morgan fingerprint density at radius 3 is 2.50 bits per heavy atom. The van der Waals surface area contributed by atoms with Crippen molar-refractivity contribution in [1.82, 2.24) is 5.01 Å². The SMILES string of the molecule is CC(C)C(=O)N1N=C(c2cccc(F)c2)SC1(c1ccccc1)C(C)CCN. The lowest BCUT2D eigenvalue weighted by Crippen LogP contribution is -2.48. The summed E-state index contributed by atoms with van der Waals surface area (Å²) in [6, 6.07) is 16.3. The van der Waals surface area contributed by atoms with Crippen LogP contribution in [0.5, 0.6) is 0 Å². The molecular formula is C22H26FN3OS. The Morgan fingerprint density at radius 2 is 1.89 bits per heavy atom. The predicted molar refractivity (Wildman–Crippen MR) is 113 cm³/mol. The van der Waals surface area contributed by atoms with Crippen LogP contribution in [0.4, 0.5) is 4.39 Å². The number of carbonyl (C=O) groups excluding carboxylic acids is 1. The molecule has 1 heterocycles. The van der Waals surface area contributed by atoms with Crippen molar-refractivity contribution in [3.63, 3.8) is 0 Å². The predicted octanol–water partition coefficient (Wildman–Crippen LogP) is 4.56. The van der Waals surface area contributed by atoms with Gasteiger partial charge in [-0.2, -0.15) is 5.10 Å². The maximum Gasteiger partial charge on any atom is 0.246 e. The van der Waals surface area contributed by atoms with Gasteiger partial charge in [0.15, 0.2) is 0 Å². The fourth-order valence-corrected chi connectivity index (χ4v) is 4.92. The Kier molecular flexibility index (Phi) is 6.20. The molecule has 0 aromatic heterocycles. The fraction of sp³-hybridized carbons (Fsp3) is 0.364. The lowest BCUT2D eigenvalue weighted by atomic mass is 9.89. The van der Waals surface area contributed by atoms with Crippen LogP contribution >= 0.6 is 11.8 Å². The van der Waals surface area contributed by atoms with Gasteiger partial charge in [-0.15, -0.1) is 0 Å². The van der Waals surface area contributed by atoms with E-state index < -0.39 is 4.87 Å². The summed E-state index contributed by atoms with van der Waals surface area (Å²) < 4.78 is 13.8. The lowest BCUT2D eigenvalue weighted by Gasteiger charge is -2.41. The summed E-state index contributed by atoms with van der Waals surface area (Å²) in [6.45, 7) is 6.34. The van der Waals surface area contributed by atoms with Crippen LogP contribution in [0.15, 0.2) is 59.7 Å². The first kappa shape index (κ1) is 20.6. The number of benzene rings is 2. The molecule has 4 nitrogen and oxygen atoms in total. The number of nitrogens with zero attached hydrogens (tertiary/aromatic N) is 2. The highest BCUT2D eigenvalue weighted by atomic mass is 32.2. The first-order valence-electron chi connectivity index (χ1n) is 9.53. The minimum Gasteiger partial charge on any atom is -0.330 e. The van der Waals surface area contributed by atoms with Gasteiger partial charge in [0, 0.05) is 11.5 Å². The molecule has 1 aliphatic rings. The van der Waals surface area contributed by atoms with Crippen LogP contribution in [0.25, 0.3) is 0 Å². The Hall–Kier alpha value is -2.18. The van der Waals surface area contributed by atoms with Gasteiger partial charge in [-0.25, -0.2) is 9.40 Å². The molecule has 2 atom stereocenters. The first-order valence-corrected chi connectivity index (χ1v) is 10.3. The molecule has 28 heavy (non-hydrogen) atoms. The molecule has 1 amide bonds. The van der Waals surface area contributed by atoms with Gasteiger partial charge in [-0.3, -0.25) is 4.79 Å². The van der Waals surface area contributed by atoms with Gasteiger partial charge in [-0.1, -0.05) is 75.0 Å². The number of carbonyl (C=O) groups is 1. The van der Waals surface area contributed by atoms with E-state index in [-0.39, 0.29) is 23.6 Å². The number of hydrogen-bond donors (Lipinski definition) is 1. The fourth-order valence-electron chi connectivity index (χ4n) is 3.47. The van der Waals surface area contributed by atoms with E-state index in [1.54, 1.807) is 11.1 Å².